The highest BCUT2D eigenvalue weighted by Crippen LogP contribution is 2.57. The summed E-state index contributed by atoms with van der Waals surface area (Å²) in [5, 5.41) is 3.91. The smallest absolute Gasteiger partial charge is 0.0661 e. The van der Waals surface area contributed by atoms with Gasteiger partial charge >= 0.3 is 0 Å². The molecule has 0 aromatic carbocycles. The van der Waals surface area contributed by atoms with Crippen molar-refractivity contribution in [3.05, 3.63) is 0 Å². The van der Waals surface area contributed by atoms with E-state index in [-0.39, 0.29) is 0 Å². The first kappa shape index (κ1) is 12.9. The number of rotatable bonds is 6. The Morgan fingerprint density at radius 2 is 1.83 bits per heavy atom. The molecule has 2 nitrogen and oxygen atoms in total. The highest BCUT2D eigenvalue weighted by Gasteiger charge is 2.58. The van der Waals surface area contributed by atoms with Crippen molar-refractivity contribution in [2.24, 2.45) is 10.8 Å². The van der Waals surface area contributed by atoms with Crippen molar-refractivity contribution >= 4 is 0 Å². The topological polar surface area (TPSA) is 21.3 Å². The molecule has 0 aromatic heterocycles. The fourth-order valence-corrected chi connectivity index (χ4v) is 4.40. The standard InChI is InChI=1S/C16H29NO/c1-3-15(7-5-8-15)12-17-13-11-14(18-4-2)16(13)9-6-10-16/h13-14,17H,3-12H2,1-2H3. The van der Waals surface area contributed by atoms with Crippen LogP contribution in [0.5, 0.6) is 0 Å². The SMILES string of the molecule is CCOC1CC(NCC2(CC)CCC2)C12CCC2. The van der Waals surface area contributed by atoms with Crippen LogP contribution in [0.15, 0.2) is 0 Å². The lowest BCUT2D eigenvalue weighted by Gasteiger charge is -2.62. The van der Waals surface area contributed by atoms with Crippen LogP contribution in [-0.4, -0.2) is 25.3 Å². The molecule has 1 spiro atoms. The maximum Gasteiger partial charge on any atom is 0.0661 e. The van der Waals surface area contributed by atoms with Crippen LogP contribution < -0.4 is 5.32 Å². The average molecular weight is 251 g/mol. The molecule has 3 saturated carbocycles. The highest BCUT2D eigenvalue weighted by atomic mass is 16.5. The Morgan fingerprint density at radius 3 is 2.28 bits per heavy atom. The van der Waals surface area contributed by atoms with Gasteiger partial charge in [0.05, 0.1) is 6.10 Å². The van der Waals surface area contributed by atoms with E-state index in [0.717, 1.165) is 12.6 Å². The van der Waals surface area contributed by atoms with E-state index in [0.29, 0.717) is 16.9 Å². The van der Waals surface area contributed by atoms with Crippen LogP contribution in [0.3, 0.4) is 0 Å². The molecule has 0 saturated heterocycles. The molecule has 0 aromatic rings. The van der Waals surface area contributed by atoms with E-state index in [1.165, 1.54) is 57.9 Å². The summed E-state index contributed by atoms with van der Waals surface area (Å²) in [7, 11) is 0. The largest absolute Gasteiger partial charge is 0.378 e. The van der Waals surface area contributed by atoms with E-state index in [9.17, 15) is 0 Å². The first-order valence-corrected chi connectivity index (χ1v) is 8.10. The summed E-state index contributed by atoms with van der Waals surface area (Å²) in [5.74, 6) is 0. The molecule has 0 amide bonds. The lowest BCUT2D eigenvalue weighted by Crippen LogP contribution is -2.67. The third-order valence-electron chi connectivity index (χ3n) is 6.32. The first-order valence-electron chi connectivity index (χ1n) is 8.10. The summed E-state index contributed by atoms with van der Waals surface area (Å²) in [5.41, 5.74) is 1.19. The summed E-state index contributed by atoms with van der Waals surface area (Å²) in [6.45, 7) is 6.64. The quantitative estimate of drug-likeness (QED) is 0.780. The van der Waals surface area contributed by atoms with E-state index in [4.69, 9.17) is 4.74 Å². The number of ether oxygens (including phenoxy) is 1. The molecule has 0 heterocycles. The van der Waals surface area contributed by atoms with Crippen LogP contribution in [0.1, 0.15) is 65.2 Å². The summed E-state index contributed by atoms with van der Waals surface area (Å²) >= 11 is 0. The van der Waals surface area contributed by atoms with Crippen molar-refractivity contribution in [1.82, 2.24) is 5.32 Å². The fourth-order valence-electron chi connectivity index (χ4n) is 4.40. The Balaban J connectivity index is 1.52. The van der Waals surface area contributed by atoms with Gasteiger partial charge in [-0.2, -0.15) is 0 Å². The molecule has 1 N–H and O–H groups in total. The third kappa shape index (κ3) is 1.84. The second-order valence-corrected chi connectivity index (χ2v) is 6.91. The van der Waals surface area contributed by atoms with Gasteiger partial charge < -0.3 is 10.1 Å². The third-order valence-corrected chi connectivity index (χ3v) is 6.32. The van der Waals surface area contributed by atoms with Crippen molar-refractivity contribution in [2.75, 3.05) is 13.2 Å². The maximum absolute atomic E-state index is 5.92. The number of hydrogen-bond acceptors (Lipinski definition) is 2. The zero-order valence-corrected chi connectivity index (χ0v) is 12.1. The molecule has 2 heteroatoms. The van der Waals surface area contributed by atoms with E-state index in [1.54, 1.807) is 0 Å². The molecule has 0 aliphatic heterocycles. The van der Waals surface area contributed by atoms with Gasteiger partial charge in [0.1, 0.15) is 0 Å². The minimum absolute atomic E-state index is 0.536. The predicted molar refractivity (Wildman–Crippen MR) is 74.7 cm³/mol. The molecule has 3 rings (SSSR count). The van der Waals surface area contributed by atoms with Crippen LogP contribution in [0.4, 0.5) is 0 Å². The Morgan fingerprint density at radius 1 is 1.11 bits per heavy atom. The van der Waals surface area contributed by atoms with E-state index in [1.807, 2.05) is 0 Å². The first-order chi connectivity index (χ1) is 8.75. The molecule has 3 fully saturated rings. The predicted octanol–water partition coefficient (Wildman–Crippen LogP) is 3.50. The fraction of sp³-hybridized carbons (Fsp3) is 1.00. The summed E-state index contributed by atoms with van der Waals surface area (Å²) in [6.07, 6.45) is 11.7. The maximum atomic E-state index is 5.92. The zero-order valence-electron chi connectivity index (χ0n) is 12.1. The van der Waals surface area contributed by atoms with Crippen LogP contribution in [-0.2, 0) is 4.74 Å². The van der Waals surface area contributed by atoms with Gasteiger partial charge in [0.25, 0.3) is 0 Å². The van der Waals surface area contributed by atoms with Crippen LogP contribution in [0.25, 0.3) is 0 Å². The molecule has 0 bridgehead atoms. The van der Waals surface area contributed by atoms with Crippen LogP contribution in [0.2, 0.25) is 0 Å². The van der Waals surface area contributed by atoms with Gasteiger partial charge in [-0.25, -0.2) is 0 Å². The summed E-state index contributed by atoms with van der Waals surface area (Å²) in [6, 6.07) is 0.756. The Bertz CT molecular complexity index is 288. The second kappa shape index (κ2) is 4.79. The molecule has 0 radical (unpaired) electrons. The molecular weight excluding hydrogens is 222 g/mol. The molecule has 2 atom stereocenters. The van der Waals surface area contributed by atoms with Crippen molar-refractivity contribution < 1.29 is 4.74 Å². The van der Waals surface area contributed by atoms with Crippen molar-refractivity contribution in [2.45, 2.75) is 77.4 Å². The van der Waals surface area contributed by atoms with E-state index < -0.39 is 0 Å². The second-order valence-electron chi connectivity index (χ2n) is 6.91. The lowest BCUT2D eigenvalue weighted by molar-refractivity contribution is -0.174. The van der Waals surface area contributed by atoms with Gasteiger partial charge in [-0.1, -0.05) is 19.8 Å². The van der Waals surface area contributed by atoms with Crippen molar-refractivity contribution in [3.8, 4) is 0 Å². The number of nitrogens with one attached hydrogen (secondary N) is 1. The van der Waals surface area contributed by atoms with Gasteiger partial charge in [0.2, 0.25) is 0 Å². The van der Waals surface area contributed by atoms with Crippen molar-refractivity contribution in [3.63, 3.8) is 0 Å². The molecule has 18 heavy (non-hydrogen) atoms. The summed E-state index contributed by atoms with van der Waals surface area (Å²) in [4.78, 5) is 0. The monoisotopic (exact) mass is 251 g/mol. The van der Waals surface area contributed by atoms with Crippen molar-refractivity contribution in [1.29, 1.82) is 0 Å². The molecule has 2 unspecified atom stereocenters. The van der Waals surface area contributed by atoms with Crippen LogP contribution in [0, 0.1) is 10.8 Å². The molecule has 3 aliphatic rings. The molecule has 3 aliphatic carbocycles. The van der Waals surface area contributed by atoms with E-state index >= 15 is 0 Å². The highest BCUT2D eigenvalue weighted by molar-refractivity contribution is 5.12. The Labute approximate surface area is 112 Å². The minimum atomic E-state index is 0.536. The molecule has 104 valence electrons. The van der Waals surface area contributed by atoms with Gasteiger partial charge in [-0.3, -0.25) is 0 Å². The average Bonchev–Trinajstić information content (AvgIpc) is 2.23. The normalized spacial score (nSPS) is 35.7. The lowest BCUT2D eigenvalue weighted by atomic mass is 9.50. The van der Waals surface area contributed by atoms with Gasteiger partial charge in [-0.05, 0) is 50.9 Å². The molecular formula is C16H29NO. The van der Waals surface area contributed by atoms with E-state index in [2.05, 4.69) is 19.2 Å². The zero-order chi connectivity index (χ0) is 12.6. The Kier molecular flexibility index (Phi) is 3.44. The number of hydrogen-bond donors (Lipinski definition) is 1. The Hall–Kier alpha value is -0.0800. The van der Waals surface area contributed by atoms with Gasteiger partial charge in [0.15, 0.2) is 0 Å². The van der Waals surface area contributed by atoms with Gasteiger partial charge in [-0.15, -0.1) is 0 Å². The van der Waals surface area contributed by atoms with Crippen LogP contribution >= 0.6 is 0 Å². The minimum Gasteiger partial charge on any atom is -0.378 e. The summed E-state index contributed by atoms with van der Waals surface area (Å²) < 4.78 is 5.92. The van der Waals surface area contributed by atoms with Gasteiger partial charge in [0, 0.05) is 24.6 Å².